The number of morpholine rings is 1. The second kappa shape index (κ2) is 7.88. The lowest BCUT2D eigenvalue weighted by atomic mass is 10.1. The van der Waals surface area contributed by atoms with Gasteiger partial charge in [-0.15, -0.1) is 0 Å². The van der Waals surface area contributed by atoms with Gasteiger partial charge in [-0.3, -0.25) is 14.5 Å². The van der Waals surface area contributed by atoms with Crippen LogP contribution in [0, 0.1) is 6.92 Å². The first-order chi connectivity index (χ1) is 12.5. The van der Waals surface area contributed by atoms with Crippen molar-refractivity contribution in [2.75, 3.05) is 38.2 Å². The molecule has 1 aliphatic rings. The highest BCUT2D eigenvalue weighted by Crippen LogP contribution is 2.28. The van der Waals surface area contributed by atoms with E-state index in [0.717, 1.165) is 42.8 Å². The second-order valence-electron chi connectivity index (χ2n) is 6.81. The highest BCUT2D eigenvalue weighted by atomic mass is 16.5. The molecule has 0 aliphatic carbocycles. The Morgan fingerprint density at radius 1 is 1.31 bits per heavy atom. The zero-order valence-electron chi connectivity index (χ0n) is 15.5. The normalized spacial score (nSPS) is 16.4. The molecule has 1 fully saturated rings. The molecule has 2 aromatic rings. The second-order valence-corrected chi connectivity index (χ2v) is 6.81. The maximum atomic E-state index is 12.8. The quantitative estimate of drug-likeness (QED) is 0.762. The average Bonchev–Trinajstić information content (AvgIpc) is 2.97. The number of hydrogen-bond acceptors (Lipinski definition) is 4. The van der Waals surface area contributed by atoms with E-state index in [4.69, 9.17) is 4.74 Å². The highest BCUT2D eigenvalue weighted by Gasteiger charge is 2.21. The van der Waals surface area contributed by atoms with Crippen molar-refractivity contribution in [3.63, 3.8) is 0 Å². The van der Waals surface area contributed by atoms with Crippen LogP contribution in [0.15, 0.2) is 18.2 Å². The number of hydrogen-bond donors (Lipinski definition) is 3. The molecule has 1 aromatic carbocycles. The van der Waals surface area contributed by atoms with Gasteiger partial charge in [0, 0.05) is 43.5 Å². The van der Waals surface area contributed by atoms with Gasteiger partial charge in [0.05, 0.1) is 18.9 Å². The molecular formula is C19H26N4O3. The first-order valence-electron chi connectivity index (χ1n) is 8.95. The standard InChI is InChI=1S/C19H26N4O3/c1-12-4-5-16-15(10-12)17(21-14(3)24)18(22-16)19(25)20-11-13(2)23-6-8-26-9-7-23/h4-5,10,13,22H,6-9,11H2,1-3H3,(H,20,25)(H,21,24). The van der Waals surface area contributed by atoms with Crippen LogP contribution in [0.5, 0.6) is 0 Å². The number of nitrogens with one attached hydrogen (secondary N) is 3. The van der Waals surface area contributed by atoms with Crippen molar-refractivity contribution in [1.29, 1.82) is 0 Å². The molecule has 1 unspecified atom stereocenters. The molecule has 2 amide bonds. The molecule has 140 valence electrons. The topological polar surface area (TPSA) is 86.5 Å². The number of amides is 2. The van der Waals surface area contributed by atoms with Gasteiger partial charge in [0.2, 0.25) is 5.91 Å². The van der Waals surface area contributed by atoms with Crippen molar-refractivity contribution in [2.24, 2.45) is 0 Å². The maximum absolute atomic E-state index is 12.8. The number of benzene rings is 1. The highest BCUT2D eigenvalue weighted by molar-refractivity contribution is 6.12. The summed E-state index contributed by atoms with van der Waals surface area (Å²) in [6.45, 7) is 9.25. The molecule has 0 spiro atoms. The molecule has 1 aromatic heterocycles. The molecule has 7 heteroatoms. The summed E-state index contributed by atoms with van der Waals surface area (Å²) in [5.74, 6) is -0.425. The molecule has 0 radical (unpaired) electrons. The molecule has 0 bridgehead atoms. The first-order valence-corrected chi connectivity index (χ1v) is 8.95. The molecule has 3 N–H and O–H groups in total. The van der Waals surface area contributed by atoms with Gasteiger partial charge >= 0.3 is 0 Å². The summed E-state index contributed by atoms with van der Waals surface area (Å²) < 4.78 is 5.37. The van der Waals surface area contributed by atoms with E-state index in [1.807, 2.05) is 25.1 Å². The molecule has 7 nitrogen and oxygen atoms in total. The Balaban J connectivity index is 1.77. The Bertz CT molecular complexity index is 808. The fraction of sp³-hybridized carbons (Fsp3) is 0.474. The summed E-state index contributed by atoms with van der Waals surface area (Å²) in [7, 11) is 0. The monoisotopic (exact) mass is 358 g/mol. The Labute approximate surface area is 153 Å². The Morgan fingerprint density at radius 3 is 2.73 bits per heavy atom. The molecule has 3 rings (SSSR count). The summed E-state index contributed by atoms with van der Waals surface area (Å²) in [5.41, 5.74) is 2.81. The SMILES string of the molecule is CC(=O)Nc1c(C(=O)NCC(C)N2CCOCC2)[nH]c2ccc(C)cc12. The van der Waals surface area contributed by atoms with Crippen LogP contribution in [0.3, 0.4) is 0 Å². The number of fused-ring (bicyclic) bond motifs is 1. The third-order valence-electron chi connectivity index (χ3n) is 4.71. The molecule has 0 saturated carbocycles. The van der Waals surface area contributed by atoms with Crippen molar-refractivity contribution in [3.05, 3.63) is 29.5 Å². The van der Waals surface area contributed by atoms with Gasteiger partial charge in [0.15, 0.2) is 0 Å². The van der Waals surface area contributed by atoms with Crippen molar-refractivity contribution in [1.82, 2.24) is 15.2 Å². The zero-order chi connectivity index (χ0) is 18.7. The van der Waals surface area contributed by atoms with E-state index < -0.39 is 0 Å². The Hall–Kier alpha value is -2.38. The lowest BCUT2D eigenvalue weighted by molar-refractivity contribution is -0.114. The zero-order valence-corrected chi connectivity index (χ0v) is 15.5. The van der Waals surface area contributed by atoms with Crippen LogP contribution < -0.4 is 10.6 Å². The minimum atomic E-state index is -0.220. The summed E-state index contributed by atoms with van der Waals surface area (Å²) in [6, 6.07) is 6.07. The summed E-state index contributed by atoms with van der Waals surface area (Å²) in [5, 5.41) is 6.62. The fourth-order valence-corrected chi connectivity index (χ4v) is 3.26. The van der Waals surface area contributed by atoms with E-state index in [0.29, 0.717) is 17.9 Å². The van der Waals surface area contributed by atoms with Gasteiger partial charge in [-0.2, -0.15) is 0 Å². The molecular weight excluding hydrogens is 332 g/mol. The molecule has 26 heavy (non-hydrogen) atoms. The number of carbonyl (C=O) groups excluding carboxylic acids is 2. The van der Waals surface area contributed by atoms with Gasteiger partial charge in [-0.1, -0.05) is 11.6 Å². The summed E-state index contributed by atoms with van der Waals surface area (Å²) in [4.78, 5) is 29.8. The van der Waals surface area contributed by atoms with E-state index in [2.05, 4.69) is 27.4 Å². The van der Waals surface area contributed by atoms with Gasteiger partial charge < -0.3 is 20.4 Å². The van der Waals surface area contributed by atoms with Crippen molar-refractivity contribution >= 4 is 28.4 Å². The summed E-state index contributed by atoms with van der Waals surface area (Å²) in [6.07, 6.45) is 0. The largest absolute Gasteiger partial charge is 0.379 e. The van der Waals surface area contributed by atoms with Gasteiger partial charge in [0.25, 0.3) is 5.91 Å². The van der Waals surface area contributed by atoms with Crippen molar-refractivity contribution < 1.29 is 14.3 Å². The minimum Gasteiger partial charge on any atom is -0.379 e. The molecule has 1 saturated heterocycles. The fourth-order valence-electron chi connectivity index (χ4n) is 3.26. The first kappa shape index (κ1) is 18.4. The number of H-pyrrole nitrogens is 1. The predicted molar refractivity (Wildman–Crippen MR) is 102 cm³/mol. The molecule has 2 heterocycles. The van der Waals surface area contributed by atoms with Crippen LogP contribution in [-0.4, -0.2) is 60.6 Å². The molecule has 1 aliphatic heterocycles. The van der Waals surface area contributed by atoms with Crippen molar-refractivity contribution in [3.8, 4) is 0 Å². The smallest absolute Gasteiger partial charge is 0.269 e. The minimum absolute atomic E-state index is 0.205. The number of anilines is 1. The number of aromatic amines is 1. The van der Waals surface area contributed by atoms with E-state index in [1.165, 1.54) is 6.92 Å². The van der Waals surface area contributed by atoms with Crippen LogP contribution in [0.4, 0.5) is 5.69 Å². The van der Waals surface area contributed by atoms with E-state index in [9.17, 15) is 9.59 Å². The summed E-state index contributed by atoms with van der Waals surface area (Å²) >= 11 is 0. The van der Waals surface area contributed by atoms with Crippen LogP contribution >= 0.6 is 0 Å². The third kappa shape index (κ3) is 4.05. The Morgan fingerprint density at radius 2 is 2.04 bits per heavy atom. The van der Waals surface area contributed by atoms with Crippen LogP contribution in [0.2, 0.25) is 0 Å². The number of ether oxygens (including phenoxy) is 1. The van der Waals surface area contributed by atoms with Crippen LogP contribution in [0.1, 0.15) is 29.9 Å². The predicted octanol–water partition coefficient (Wildman–Crippen LogP) is 1.89. The van der Waals surface area contributed by atoms with Gasteiger partial charge in [0.1, 0.15) is 5.69 Å². The van der Waals surface area contributed by atoms with Crippen molar-refractivity contribution in [2.45, 2.75) is 26.8 Å². The lowest BCUT2D eigenvalue weighted by Gasteiger charge is -2.32. The van der Waals surface area contributed by atoms with Crippen LogP contribution in [-0.2, 0) is 9.53 Å². The third-order valence-corrected chi connectivity index (χ3v) is 4.71. The number of aryl methyl sites for hydroxylation is 1. The van der Waals surface area contributed by atoms with Crippen LogP contribution in [0.25, 0.3) is 10.9 Å². The van der Waals surface area contributed by atoms with E-state index in [1.54, 1.807) is 0 Å². The number of rotatable bonds is 5. The maximum Gasteiger partial charge on any atom is 0.269 e. The molecule has 1 atom stereocenters. The average molecular weight is 358 g/mol. The van der Waals surface area contributed by atoms with E-state index in [-0.39, 0.29) is 17.9 Å². The lowest BCUT2D eigenvalue weighted by Crippen LogP contribution is -2.47. The Kier molecular flexibility index (Phi) is 5.58. The number of carbonyl (C=O) groups is 2. The van der Waals surface area contributed by atoms with Gasteiger partial charge in [-0.25, -0.2) is 0 Å². The van der Waals surface area contributed by atoms with Gasteiger partial charge in [-0.05, 0) is 26.0 Å². The number of aromatic nitrogens is 1. The number of nitrogens with zero attached hydrogens (tertiary/aromatic N) is 1. The van der Waals surface area contributed by atoms with E-state index >= 15 is 0 Å².